The molecule has 126 heavy (non-hydrogen) atoms. The molecule has 0 aromatic heterocycles. The maximum Gasteiger partial charge on any atom is 0.127 e. The number of hydrogen-bond acceptors (Lipinski definition) is 15. The van der Waals surface area contributed by atoms with Gasteiger partial charge in [-0.15, -0.1) is 0 Å². The quantitative estimate of drug-likeness (QED) is 0.0264. The second-order valence-electron chi connectivity index (χ2n) is 33.6. The SMILES string of the molecule is CCCCCCOc1cc(COc2cc(COc3cc(OCc4cc(OCc5cc(OCCCCCC)cc(OCCCCCC)c5)cc(OCc5cc(OCCCCCC)cc(OCCCCCC)c5)c4)cc(OCc4c5ccccc5cc5ccccc45)c3)cc(OCc3cc(OCCCCCC)cc(OCCCCCC)c3)c2)cc(OCCCCCC)c1. The van der Waals surface area contributed by atoms with Gasteiger partial charge in [0.1, 0.15) is 132 Å². The van der Waals surface area contributed by atoms with E-state index in [0.717, 1.165) is 261 Å². The standard InChI is InChI=1S/C111H148O15/c1-9-17-25-37-49-112-94-57-86(58-95(70-94)113-50-38-26-18-10-2)79-120-102-65-90(66-103(74-102)121-80-87-59-96(114-51-39-27-19-11-3)71-97(60-87)115-52-40-28-20-12-4)83-124-106-76-107(78-108(77-106)126-85-111-109-47-35-33-45-92(109)69-93-46-34-36-48-110(93)111)125-84-91-67-104(122-81-88-61-98(116-53-41-29-21-13-5)72-99(62-88)117-54-42-30-22-14-6)75-105(68-91)123-82-89-63-100(118-55-43-31-23-15-7)73-101(64-89)119-56-44-32-24-16-8/h33-36,45-48,57-78H,9-32,37-44,49-56,79-85H2,1-8H3. The summed E-state index contributed by atoms with van der Waals surface area (Å²) in [6, 6.07) is 61.6. The van der Waals surface area contributed by atoms with Crippen LogP contribution in [-0.4, -0.2) is 52.9 Å². The van der Waals surface area contributed by atoms with Crippen molar-refractivity contribution in [2.75, 3.05) is 52.9 Å². The van der Waals surface area contributed by atoms with Crippen molar-refractivity contribution in [3.63, 3.8) is 0 Å². The number of hydrogen-bond donors (Lipinski definition) is 0. The van der Waals surface area contributed by atoms with Crippen molar-refractivity contribution in [2.45, 2.75) is 307 Å². The molecule has 682 valence electrons. The highest BCUT2D eigenvalue weighted by molar-refractivity contribution is 6.02. The van der Waals surface area contributed by atoms with E-state index < -0.39 is 0 Å². The van der Waals surface area contributed by atoms with Crippen LogP contribution in [0.4, 0.5) is 0 Å². The Bertz CT molecular complexity index is 4100. The third kappa shape index (κ3) is 36.6. The molecule has 0 saturated carbocycles. The molecule has 0 fully saturated rings. The van der Waals surface area contributed by atoms with Gasteiger partial charge in [-0.25, -0.2) is 0 Å². The average Bonchev–Trinajstić information content (AvgIpc) is 0.777. The Morgan fingerprint density at radius 1 is 0.151 bits per heavy atom. The molecule has 0 unspecified atom stereocenters. The van der Waals surface area contributed by atoms with Crippen LogP contribution in [0.2, 0.25) is 0 Å². The minimum absolute atomic E-state index is 0.125. The van der Waals surface area contributed by atoms with Gasteiger partial charge in [0, 0.05) is 60.2 Å². The fourth-order valence-electron chi connectivity index (χ4n) is 15.2. The van der Waals surface area contributed by atoms with Crippen LogP contribution >= 0.6 is 0 Å². The highest BCUT2D eigenvalue weighted by Crippen LogP contribution is 2.38. The van der Waals surface area contributed by atoms with Crippen molar-refractivity contribution in [2.24, 2.45) is 0 Å². The topological polar surface area (TPSA) is 138 Å². The van der Waals surface area contributed by atoms with E-state index in [1.165, 1.54) is 51.4 Å². The smallest absolute Gasteiger partial charge is 0.127 e. The molecular weight excluding hydrogens is 1570 g/mol. The lowest BCUT2D eigenvalue weighted by atomic mass is 9.97. The van der Waals surface area contributed by atoms with Gasteiger partial charge in [0.2, 0.25) is 0 Å². The Morgan fingerprint density at radius 2 is 0.310 bits per heavy atom. The Labute approximate surface area is 755 Å². The lowest BCUT2D eigenvalue weighted by molar-refractivity contribution is 0.267. The van der Waals surface area contributed by atoms with E-state index in [9.17, 15) is 0 Å². The van der Waals surface area contributed by atoms with Gasteiger partial charge in [0.25, 0.3) is 0 Å². The number of unbranched alkanes of at least 4 members (excludes halogenated alkanes) is 24. The molecule has 10 aromatic carbocycles. The van der Waals surface area contributed by atoms with Crippen LogP contribution in [0.25, 0.3) is 21.5 Å². The predicted octanol–water partition coefficient (Wildman–Crippen LogP) is 30.7. The monoisotopic (exact) mass is 1720 g/mol. The van der Waals surface area contributed by atoms with Crippen LogP contribution in [0, 0.1) is 0 Å². The first kappa shape index (κ1) is 97.9. The largest absolute Gasteiger partial charge is 0.493 e. The molecule has 10 aromatic rings. The number of ether oxygens (including phenoxy) is 15. The van der Waals surface area contributed by atoms with Crippen LogP contribution in [0.3, 0.4) is 0 Å². The molecule has 15 heteroatoms. The van der Waals surface area contributed by atoms with E-state index in [1.807, 2.05) is 78.9 Å². The second kappa shape index (κ2) is 58.2. The summed E-state index contributed by atoms with van der Waals surface area (Å²) in [5, 5.41) is 4.50. The Balaban J connectivity index is 0.988. The average molecular weight is 1720 g/mol. The lowest BCUT2D eigenvalue weighted by Crippen LogP contribution is -2.05. The first-order valence-corrected chi connectivity index (χ1v) is 48.4. The third-order valence-electron chi connectivity index (χ3n) is 22.3. The van der Waals surface area contributed by atoms with Gasteiger partial charge in [0.15, 0.2) is 0 Å². The summed E-state index contributed by atoms with van der Waals surface area (Å²) >= 11 is 0. The van der Waals surface area contributed by atoms with Crippen molar-refractivity contribution < 1.29 is 71.1 Å². The molecule has 0 aliphatic heterocycles. The summed E-state index contributed by atoms with van der Waals surface area (Å²) in [6.45, 7) is 24.3. The van der Waals surface area contributed by atoms with E-state index in [4.69, 9.17) is 71.1 Å². The lowest BCUT2D eigenvalue weighted by Gasteiger charge is -2.17. The molecule has 0 bridgehead atoms. The normalized spacial score (nSPS) is 11.2. The van der Waals surface area contributed by atoms with Gasteiger partial charge in [-0.2, -0.15) is 0 Å². The van der Waals surface area contributed by atoms with E-state index in [2.05, 4.69) is 159 Å². The van der Waals surface area contributed by atoms with Crippen molar-refractivity contribution in [3.8, 4) is 86.2 Å². The number of fused-ring (bicyclic) bond motifs is 2. The third-order valence-corrected chi connectivity index (χ3v) is 22.3. The molecule has 10 rings (SSSR count). The Hall–Kier alpha value is -10.3. The predicted molar refractivity (Wildman–Crippen MR) is 514 cm³/mol. The minimum Gasteiger partial charge on any atom is -0.493 e. The van der Waals surface area contributed by atoms with Crippen LogP contribution in [0.15, 0.2) is 182 Å². The van der Waals surface area contributed by atoms with Crippen LogP contribution in [0.1, 0.15) is 300 Å². The first-order chi connectivity index (χ1) is 62.1. The zero-order chi connectivity index (χ0) is 88.1. The summed E-state index contributed by atoms with van der Waals surface area (Å²) in [5.74, 6) is 10.1. The molecule has 0 amide bonds. The van der Waals surface area contributed by atoms with E-state index in [1.54, 1.807) is 0 Å². The van der Waals surface area contributed by atoms with Crippen molar-refractivity contribution >= 4 is 21.5 Å². The van der Waals surface area contributed by atoms with Gasteiger partial charge in [-0.3, -0.25) is 0 Å². The van der Waals surface area contributed by atoms with Crippen LogP contribution in [0.5, 0.6) is 86.2 Å². The van der Waals surface area contributed by atoms with Gasteiger partial charge >= 0.3 is 0 Å². The minimum atomic E-state index is 0.125. The van der Waals surface area contributed by atoms with Gasteiger partial charge < -0.3 is 71.1 Å². The highest BCUT2D eigenvalue weighted by atomic mass is 16.5. The second-order valence-corrected chi connectivity index (χ2v) is 33.6. The Kier molecular flexibility index (Phi) is 45.2. The molecule has 0 N–H and O–H groups in total. The number of benzene rings is 10. The molecule has 0 saturated heterocycles. The van der Waals surface area contributed by atoms with Gasteiger partial charge in [-0.1, -0.05) is 258 Å². The van der Waals surface area contributed by atoms with Crippen LogP contribution in [-0.2, 0) is 46.2 Å². The van der Waals surface area contributed by atoms with Crippen molar-refractivity contribution in [1.82, 2.24) is 0 Å². The molecule has 0 spiro atoms. The molecule has 0 radical (unpaired) electrons. The summed E-state index contributed by atoms with van der Waals surface area (Å²) < 4.78 is 100.0. The number of rotatable bonds is 69. The highest BCUT2D eigenvalue weighted by Gasteiger charge is 2.18. The molecule has 0 heterocycles. The van der Waals surface area contributed by atoms with Gasteiger partial charge in [0.05, 0.1) is 52.9 Å². The Morgan fingerprint density at radius 3 is 0.492 bits per heavy atom. The van der Waals surface area contributed by atoms with Crippen LogP contribution < -0.4 is 71.1 Å². The molecule has 15 nitrogen and oxygen atoms in total. The maximum absolute atomic E-state index is 7.02. The fraction of sp³-hybridized carbons (Fsp3) is 0.495. The van der Waals surface area contributed by atoms with E-state index in [0.29, 0.717) is 93.1 Å². The summed E-state index contributed by atoms with van der Waals surface area (Å²) in [5.41, 5.74) is 6.39. The first-order valence-electron chi connectivity index (χ1n) is 48.4. The maximum atomic E-state index is 7.02. The summed E-state index contributed by atoms with van der Waals surface area (Å²) in [7, 11) is 0. The van der Waals surface area contributed by atoms with Gasteiger partial charge in [-0.05, 0) is 185 Å². The fourth-order valence-corrected chi connectivity index (χ4v) is 15.2. The molecule has 0 atom stereocenters. The summed E-state index contributed by atoms with van der Waals surface area (Å²) in [4.78, 5) is 0. The molecule has 0 aliphatic rings. The van der Waals surface area contributed by atoms with Crippen molar-refractivity contribution in [1.29, 1.82) is 0 Å². The molecular formula is C111H148O15. The van der Waals surface area contributed by atoms with E-state index in [-0.39, 0.29) is 46.2 Å². The van der Waals surface area contributed by atoms with E-state index >= 15 is 0 Å². The zero-order valence-corrected chi connectivity index (χ0v) is 77.7. The van der Waals surface area contributed by atoms with Crippen molar-refractivity contribution in [3.05, 3.63) is 221 Å². The zero-order valence-electron chi connectivity index (χ0n) is 77.7. The summed E-state index contributed by atoms with van der Waals surface area (Å²) in [6.07, 6.45) is 35.4. The molecule has 0 aliphatic carbocycles.